The van der Waals surface area contributed by atoms with Gasteiger partial charge >= 0.3 is 0 Å². The fourth-order valence-electron chi connectivity index (χ4n) is 2.81. The topological polar surface area (TPSA) is 58.2 Å². The van der Waals surface area contributed by atoms with E-state index in [-0.39, 0.29) is 11.5 Å². The van der Waals surface area contributed by atoms with Crippen LogP contribution in [0.3, 0.4) is 0 Å². The molecule has 4 nitrogen and oxygen atoms in total. The van der Waals surface area contributed by atoms with Crippen molar-refractivity contribution >= 4 is 37.3 Å². The maximum atomic E-state index is 12.7. The van der Waals surface area contributed by atoms with Gasteiger partial charge in [-0.2, -0.15) is 0 Å². The van der Waals surface area contributed by atoms with Gasteiger partial charge in [0.05, 0.1) is 3.79 Å². The maximum Gasteiger partial charge on any atom is 0.242 e. The monoisotopic (exact) mass is 394 g/mol. The molecule has 120 valence electrons. The third kappa shape index (κ3) is 4.07. The number of halogens is 1. The molecule has 1 atom stereocenters. The predicted octanol–water partition coefficient (Wildman–Crippen LogP) is 3.48. The Bertz CT molecular complexity index is 596. The molecule has 0 amide bonds. The first-order valence-electron chi connectivity index (χ1n) is 7.21. The molecule has 1 saturated carbocycles. The number of sulfonamides is 1. The second-order valence-electron chi connectivity index (χ2n) is 6.29. The summed E-state index contributed by atoms with van der Waals surface area (Å²) < 4.78 is 28.9. The second-order valence-corrected chi connectivity index (χ2v) is 10.4. The molecule has 7 heteroatoms. The average Bonchev–Trinajstić information content (AvgIpc) is 2.74. The van der Waals surface area contributed by atoms with Crippen molar-refractivity contribution < 1.29 is 8.42 Å². The van der Waals surface area contributed by atoms with Crippen molar-refractivity contribution in [1.29, 1.82) is 0 Å². The van der Waals surface area contributed by atoms with Crippen LogP contribution in [-0.2, 0) is 16.6 Å². The van der Waals surface area contributed by atoms with Crippen LogP contribution >= 0.6 is 27.3 Å². The van der Waals surface area contributed by atoms with Gasteiger partial charge in [0.2, 0.25) is 10.0 Å². The van der Waals surface area contributed by atoms with Crippen molar-refractivity contribution in [3.63, 3.8) is 0 Å². The predicted molar refractivity (Wildman–Crippen MR) is 91.1 cm³/mol. The Morgan fingerprint density at radius 1 is 1.43 bits per heavy atom. The van der Waals surface area contributed by atoms with E-state index in [1.807, 2.05) is 7.05 Å². The van der Waals surface area contributed by atoms with E-state index in [2.05, 4.69) is 39.8 Å². The van der Waals surface area contributed by atoms with E-state index in [1.54, 1.807) is 6.07 Å². The third-order valence-corrected chi connectivity index (χ3v) is 7.88. The highest BCUT2D eigenvalue weighted by Crippen LogP contribution is 2.37. The highest BCUT2D eigenvalue weighted by Gasteiger charge is 2.36. The molecule has 0 bridgehead atoms. The Labute approximate surface area is 139 Å². The molecule has 0 radical (unpaired) electrons. The fourth-order valence-corrected chi connectivity index (χ4v) is 6.94. The van der Waals surface area contributed by atoms with Crippen LogP contribution in [0.1, 0.15) is 44.4 Å². The summed E-state index contributed by atoms with van der Waals surface area (Å²) in [6.45, 7) is 4.97. The molecule has 2 rings (SSSR count). The van der Waals surface area contributed by atoms with Gasteiger partial charge < -0.3 is 5.32 Å². The molecule has 1 heterocycles. The lowest BCUT2D eigenvalue weighted by atomic mass is 9.74. The van der Waals surface area contributed by atoms with Gasteiger partial charge in [-0.05, 0) is 47.3 Å². The maximum absolute atomic E-state index is 12.7. The lowest BCUT2D eigenvalue weighted by Gasteiger charge is -2.38. The SMILES string of the molecule is CNCc1cc(S(=O)(=O)NC2CCCCC2(C)C)c(Br)s1. The Hall–Kier alpha value is 0.0500. The molecular weight excluding hydrogens is 372 g/mol. The van der Waals surface area contributed by atoms with Crippen molar-refractivity contribution in [3.8, 4) is 0 Å². The van der Waals surface area contributed by atoms with Gasteiger partial charge in [0.1, 0.15) is 4.90 Å². The molecule has 1 aliphatic carbocycles. The molecule has 1 aromatic heterocycles. The van der Waals surface area contributed by atoms with Gasteiger partial charge in [0, 0.05) is 17.5 Å². The average molecular weight is 395 g/mol. The molecule has 21 heavy (non-hydrogen) atoms. The fraction of sp³-hybridized carbons (Fsp3) is 0.714. The second kappa shape index (κ2) is 6.66. The lowest BCUT2D eigenvalue weighted by Crippen LogP contribution is -2.46. The van der Waals surface area contributed by atoms with Crippen molar-refractivity contribution in [2.45, 2.75) is 57.0 Å². The van der Waals surface area contributed by atoms with Crippen molar-refractivity contribution in [2.24, 2.45) is 5.41 Å². The van der Waals surface area contributed by atoms with E-state index < -0.39 is 10.0 Å². The van der Waals surface area contributed by atoms with E-state index in [0.29, 0.717) is 15.2 Å². The number of thiophene rings is 1. The van der Waals surface area contributed by atoms with Crippen LogP contribution in [0.15, 0.2) is 14.7 Å². The highest BCUT2D eigenvalue weighted by atomic mass is 79.9. The molecule has 0 saturated heterocycles. The van der Waals surface area contributed by atoms with E-state index in [0.717, 1.165) is 24.1 Å². The molecule has 0 aliphatic heterocycles. The van der Waals surface area contributed by atoms with Gasteiger partial charge in [-0.1, -0.05) is 26.7 Å². The smallest absolute Gasteiger partial charge is 0.242 e. The first-order valence-corrected chi connectivity index (χ1v) is 10.3. The number of nitrogens with one attached hydrogen (secondary N) is 2. The third-order valence-electron chi connectivity index (χ3n) is 4.15. The molecule has 1 aromatic rings. The molecule has 1 unspecified atom stereocenters. The van der Waals surface area contributed by atoms with E-state index >= 15 is 0 Å². The highest BCUT2D eigenvalue weighted by molar-refractivity contribution is 9.11. The minimum Gasteiger partial charge on any atom is -0.315 e. The summed E-state index contributed by atoms with van der Waals surface area (Å²) in [5.74, 6) is 0. The standard InChI is InChI=1S/C14H23BrN2O2S2/c1-14(2)7-5-4-6-12(14)17-21(18,19)11-8-10(9-16-3)20-13(11)15/h8,12,16-17H,4-7,9H2,1-3H3. The lowest BCUT2D eigenvalue weighted by molar-refractivity contribution is 0.188. The largest absolute Gasteiger partial charge is 0.315 e. The van der Waals surface area contributed by atoms with Gasteiger partial charge in [0.25, 0.3) is 0 Å². The van der Waals surface area contributed by atoms with Crippen LogP contribution in [0.25, 0.3) is 0 Å². The Morgan fingerprint density at radius 2 is 2.14 bits per heavy atom. The summed E-state index contributed by atoms with van der Waals surface area (Å²) in [6.07, 6.45) is 4.25. The Kier molecular flexibility index (Phi) is 5.52. The zero-order valence-corrected chi connectivity index (χ0v) is 15.9. The summed E-state index contributed by atoms with van der Waals surface area (Å²) >= 11 is 4.85. The molecule has 1 aliphatic rings. The van der Waals surface area contributed by atoms with Crippen LogP contribution in [0.2, 0.25) is 0 Å². The van der Waals surface area contributed by atoms with E-state index in [4.69, 9.17) is 0 Å². The van der Waals surface area contributed by atoms with Gasteiger partial charge in [-0.25, -0.2) is 13.1 Å². The van der Waals surface area contributed by atoms with Crippen LogP contribution in [0.5, 0.6) is 0 Å². The van der Waals surface area contributed by atoms with Crippen molar-refractivity contribution in [2.75, 3.05) is 7.05 Å². The van der Waals surface area contributed by atoms with Crippen molar-refractivity contribution in [3.05, 3.63) is 14.7 Å². The zero-order valence-electron chi connectivity index (χ0n) is 12.7. The summed E-state index contributed by atoms with van der Waals surface area (Å²) in [5, 5.41) is 3.04. The minimum atomic E-state index is -3.47. The Morgan fingerprint density at radius 3 is 2.76 bits per heavy atom. The first kappa shape index (κ1) is 17.4. The van der Waals surface area contributed by atoms with E-state index in [9.17, 15) is 8.42 Å². The van der Waals surface area contributed by atoms with Crippen LogP contribution in [0.4, 0.5) is 0 Å². The zero-order chi connectivity index (χ0) is 15.7. The number of hydrogen-bond donors (Lipinski definition) is 2. The summed E-state index contributed by atoms with van der Waals surface area (Å²) in [4.78, 5) is 1.37. The number of rotatable bonds is 5. The van der Waals surface area contributed by atoms with E-state index in [1.165, 1.54) is 17.8 Å². The normalized spacial score (nSPS) is 22.4. The summed E-state index contributed by atoms with van der Waals surface area (Å²) in [5.41, 5.74) is 0.0155. The molecule has 0 aromatic carbocycles. The van der Waals surface area contributed by atoms with Gasteiger partial charge in [-0.3, -0.25) is 0 Å². The Balaban J connectivity index is 2.22. The molecule has 0 spiro atoms. The van der Waals surface area contributed by atoms with Crippen molar-refractivity contribution in [1.82, 2.24) is 10.0 Å². The molecular formula is C14H23BrN2O2S2. The van der Waals surface area contributed by atoms with Crippen LogP contribution < -0.4 is 10.0 Å². The molecule has 2 N–H and O–H groups in total. The summed E-state index contributed by atoms with van der Waals surface area (Å²) in [7, 11) is -1.62. The van der Waals surface area contributed by atoms with Crippen LogP contribution in [-0.4, -0.2) is 21.5 Å². The molecule has 1 fully saturated rings. The van der Waals surface area contributed by atoms with Crippen LogP contribution in [0, 0.1) is 5.41 Å². The minimum absolute atomic E-state index is 0.0100. The quantitative estimate of drug-likeness (QED) is 0.803. The first-order chi connectivity index (χ1) is 9.76. The summed E-state index contributed by atoms with van der Waals surface area (Å²) in [6, 6.07) is 1.76. The van der Waals surface area contributed by atoms with Gasteiger partial charge in [-0.15, -0.1) is 11.3 Å². The number of hydrogen-bond acceptors (Lipinski definition) is 4. The van der Waals surface area contributed by atoms with Gasteiger partial charge in [0.15, 0.2) is 0 Å².